The minimum absolute atomic E-state index is 0. The fourth-order valence-electron chi connectivity index (χ4n) is 3.98. The van der Waals surface area contributed by atoms with Crippen molar-refractivity contribution in [3.63, 3.8) is 0 Å². The number of halogens is 1. The molecule has 0 saturated carbocycles. The monoisotopic (exact) mass is 527 g/mol. The molecule has 8 heteroatoms. The summed E-state index contributed by atoms with van der Waals surface area (Å²) in [5.74, 6) is 2.10. The highest BCUT2D eigenvalue weighted by Gasteiger charge is 2.22. The first kappa shape index (κ1) is 22.3. The van der Waals surface area contributed by atoms with Crippen LogP contribution in [0.4, 0.5) is 0 Å². The molecule has 4 rings (SSSR count). The number of likely N-dealkylation sites (tertiary alicyclic amines) is 1. The number of hydrogen-bond acceptors (Lipinski definition) is 5. The highest BCUT2D eigenvalue weighted by atomic mass is 127. The lowest BCUT2D eigenvalue weighted by Crippen LogP contribution is -2.38. The Morgan fingerprint density at radius 3 is 2.86 bits per heavy atom. The topological polar surface area (TPSA) is 75.8 Å². The van der Waals surface area contributed by atoms with Crippen molar-refractivity contribution in [2.24, 2.45) is 16.6 Å². The molecular weight excluding hydrogens is 497 g/mol. The van der Waals surface area contributed by atoms with Crippen molar-refractivity contribution in [1.29, 1.82) is 0 Å². The molecule has 0 aliphatic carbocycles. The summed E-state index contributed by atoms with van der Waals surface area (Å²) in [5, 5.41) is 6.71. The van der Waals surface area contributed by atoms with Crippen molar-refractivity contribution < 1.29 is 4.74 Å². The van der Waals surface area contributed by atoms with E-state index in [1.54, 1.807) is 11.3 Å². The second kappa shape index (κ2) is 10.6. The maximum atomic E-state index is 6.19. The van der Waals surface area contributed by atoms with Crippen LogP contribution in [0.15, 0.2) is 34.6 Å². The van der Waals surface area contributed by atoms with Gasteiger partial charge in [-0.15, -0.1) is 35.3 Å². The van der Waals surface area contributed by atoms with Crippen molar-refractivity contribution >= 4 is 41.3 Å². The molecule has 1 atom stereocenters. The molecule has 2 aliphatic heterocycles. The van der Waals surface area contributed by atoms with Crippen molar-refractivity contribution in [1.82, 2.24) is 15.2 Å². The van der Waals surface area contributed by atoms with E-state index < -0.39 is 0 Å². The van der Waals surface area contributed by atoms with Gasteiger partial charge < -0.3 is 15.8 Å². The number of ether oxygens (including phenoxy) is 1. The number of nitrogens with one attached hydrogen (secondary N) is 1. The zero-order valence-corrected chi connectivity index (χ0v) is 20.0. The van der Waals surface area contributed by atoms with Gasteiger partial charge in [0.1, 0.15) is 5.75 Å². The van der Waals surface area contributed by atoms with Gasteiger partial charge in [0.25, 0.3) is 0 Å². The summed E-state index contributed by atoms with van der Waals surface area (Å²) in [6.07, 6.45) is 3.24. The summed E-state index contributed by atoms with van der Waals surface area (Å²) in [6, 6.07) is 8.32. The molecule has 1 aromatic heterocycles. The summed E-state index contributed by atoms with van der Waals surface area (Å²) >= 11 is 1.73. The number of hydrogen-bond donors (Lipinski definition) is 2. The third-order valence-corrected chi connectivity index (χ3v) is 6.38. The first-order valence-electron chi connectivity index (χ1n) is 10.1. The third-order valence-electron chi connectivity index (χ3n) is 5.56. The summed E-state index contributed by atoms with van der Waals surface area (Å²) in [4.78, 5) is 11.7. The van der Waals surface area contributed by atoms with Crippen LogP contribution in [0.25, 0.3) is 0 Å². The molecule has 1 aromatic carbocycles. The summed E-state index contributed by atoms with van der Waals surface area (Å²) in [7, 11) is 0. The number of aromatic nitrogens is 1. The predicted octanol–water partition coefficient (Wildman–Crippen LogP) is 3.71. The van der Waals surface area contributed by atoms with Gasteiger partial charge in [0.05, 0.1) is 23.4 Å². The van der Waals surface area contributed by atoms with Crippen molar-refractivity contribution in [2.75, 3.05) is 26.2 Å². The quantitative estimate of drug-likeness (QED) is 0.353. The van der Waals surface area contributed by atoms with Crippen LogP contribution in [0, 0.1) is 12.8 Å². The lowest BCUT2D eigenvalue weighted by atomic mass is 9.97. The van der Waals surface area contributed by atoms with Gasteiger partial charge >= 0.3 is 0 Å². The van der Waals surface area contributed by atoms with E-state index >= 15 is 0 Å². The first-order valence-corrected chi connectivity index (χ1v) is 11.0. The van der Waals surface area contributed by atoms with Gasteiger partial charge in [0, 0.05) is 30.5 Å². The van der Waals surface area contributed by atoms with Gasteiger partial charge in [-0.05, 0) is 44.8 Å². The number of thiazole rings is 1. The Morgan fingerprint density at radius 2 is 2.10 bits per heavy atom. The molecule has 6 nitrogen and oxygen atoms in total. The van der Waals surface area contributed by atoms with Crippen molar-refractivity contribution in [3.8, 4) is 5.75 Å². The molecule has 2 aromatic rings. The molecule has 1 fully saturated rings. The minimum Gasteiger partial charge on any atom is -0.493 e. The molecule has 2 aliphatic rings. The summed E-state index contributed by atoms with van der Waals surface area (Å²) < 4.78 is 5.72. The third kappa shape index (κ3) is 6.05. The number of nitrogens with zero attached hydrogens (tertiary/aromatic N) is 3. The van der Waals surface area contributed by atoms with E-state index in [0.29, 0.717) is 18.5 Å². The SMILES string of the molecule is Cc1nc(CN2CCC(CN=C(N)NC3CCOc4ccccc43)CC2)cs1.I. The van der Waals surface area contributed by atoms with Crippen LogP contribution in [0.3, 0.4) is 0 Å². The average molecular weight is 527 g/mol. The van der Waals surface area contributed by atoms with Gasteiger partial charge in [0.15, 0.2) is 5.96 Å². The normalized spacial score (nSPS) is 20.4. The average Bonchev–Trinajstić information content (AvgIpc) is 3.12. The van der Waals surface area contributed by atoms with Crippen LogP contribution in [-0.4, -0.2) is 42.1 Å². The van der Waals surface area contributed by atoms with Crippen LogP contribution >= 0.6 is 35.3 Å². The van der Waals surface area contributed by atoms with Gasteiger partial charge in [-0.3, -0.25) is 9.89 Å². The number of aryl methyl sites for hydroxylation is 1. The number of aliphatic imine (C=N–C) groups is 1. The molecule has 29 heavy (non-hydrogen) atoms. The molecule has 0 bridgehead atoms. The van der Waals surface area contributed by atoms with E-state index in [9.17, 15) is 0 Å². The fraction of sp³-hybridized carbons (Fsp3) is 0.524. The zero-order valence-electron chi connectivity index (χ0n) is 16.8. The van der Waals surface area contributed by atoms with E-state index in [-0.39, 0.29) is 30.0 Å². The number of benzene rings is 1. The van der Waals surface area contributed by atoms with Crippen molar-refractivity contribution in [3.05, 3.63) is 45.9 Å². The highest BCUT2D eigenvalue weighted by Crippen LogP contribution is 2.31. The van der Waals surface area contributed by atoms with Gasteiger partial charge in [0.2, 0.25) is 0 Å². The van der Waals surface area contributed by atoms with E-state index in [2.05, 4.69) is 38.6 Å². The Balaban J connectivity index is 0.00000240. The number of fused-ring (bicyclic) bond motifs is 1. The molecule has 0 radical (unpaired) electrons. The molecule has 3 heterocycles. The van der Waals surface area contributed by atoms with Crippen LogP contribution in [-0.2, 0) is 6.54 Å². The predicted molar refractivity (Wildman–Crippen MR) is 129 cm³/mol. The maximum absolute atomic E-state index is 6.19. The Bertz CT molecular complexity index is 819. The second-order valence-corrected chi connectivity index (χ2v) is 8.74. The number of rotatable bonds is 5. The van der Waals surface area contributed by atoms with Crippen LogP contribution < -0.4 is 15.8 Å². The van der Waals surface area contributed by atoms with E-state index in [1.807, 2.05) is 18.2 Å². The number of piperidine rings is 1. The lowest BCUT2D eigenvalue weighted by Gasteiger charge is -2.31. The standard InChI is InChI=1S/C21H29N5OS.HI/c1-15-24-17(14-28-15)13-26-9-6-16(7-10-26)12-23-21(22)25-19-8-11-27-20-5-3-2-4-18(19)20;/h2-5,14,16,19H,6-13H2,1H3,(H3,22,23,25);1H. The van der Waals surface area contributed by atoms with Crippen LogP contribution in [0.1, 0.15) is 41.6 Å². The smallest absolute Gasteiger partial charge is 0.189 e. The Labute approximate surface area is 194 Å². The first-order chi connectivity index (χ1) is 13.7. The molecule has 158 valence electrons. The largest absolute Gasteiger partial charge is 0.493 e. The molecule has 3 N–H and O–H groups in total. The van der Waals surface area contributed by atoms with E-state index in [1.165, 1.54) is 18.5 Å². The molecule has 0 spiro atoms. The lowest BCUT2D eigenvalue weighted by molar-refractivity contribution is 0.179. The van der Waals surface area contributed by atoms with Crippen molar-refractivity contribution in [2.45, 2.75) is 38.8 Å². The Hall–Kier alpha value is -1.39. The van der Waals surface area contributed by atoms with Gasteiger partial charge in [-0.2, -0.15) is 0 Å². The minimum atomic E-state index is 0. The molecular formula is C21H30IN5OS. The number of para-hydroxylation sites is 1. The van der Waals surface area contributed by atoms with Gasteiger partial charge in [-0.25, -0.2) is 4.98 Å². The van der Waals surface area contributed by atoms with E-state index in [0.717, 1.165) is 48.9 Å². The number of guanidine groups is 1. The molecule has 1 saturated heterocycles. The van der Waals surface area contributed by atoms with Crippen LogP contribution in [0.2, 0.25) is 0 Å². The maximum Gasteiger partial charge on any atom is 0.189 e. The summed E-state index contributed by atoms with van der Waals surface area (Å²) in [6.45, 7) is 6.75. The number of nitrogens with two attached hydrogens (primary N) is 1. The summed E-state index contributed by atoms with van der Waals surface area (Å²) in [5.41, 5.74) is 8.55. The van der Waals surface area contributed by atoms with E-state index in [4.69, 9.17) is 10.5 Å². The van der Waals surface area contributed by atoms with Crippen LogP contribution in [0.5, 0.6) is 5.75 Å². The Kier molecular flexibility index (Phi) is 8.14. The molecule has 0 amide bonds. The molecule has 1 unspecified atom stereocenters. The zero-order chi connectivity index (χ0) is 19.3. The van der Waals surface area contributed by atoms with Gasteiger partial charge in [-0.1, -0.05) is 18.2 Å². The Morgan fingerprint density at radius 1 is 1.31 bits per heavy atom. The fourth-order valence-corrected chi connectivity index (χ4v) is 4.58. The highest BCUT2D eigenvalue weighted by molar-refractivity contribution is 14.0. The second-order valence-electron chi connectivity index (χ2n) is 7.68.